The van der Waals surface area contributed by atoms with Crippen LogP contribution in [0.4, 0.5) is 0 Å². The van der Waals surface area contributed by atoms with E-state index in [4.69, 9.17) is 23.7 Å². The molecule has 0 atom stereocenters. The number of methoxy groups -OCH3 is 5. The van der Waals surface area contributed by atoms with E-state index in [0.717, 1.165) is 5.56 Å². The summed E-state index contributed by atoms with van der Waals surface area (Å²) < 4.78 is 26.0. The number of carbonyl (C=O) groups excluding carboxylic acids is 2. The lowest BCUT2D eigenvalue weighted by Gasteiger charge is -2.14. The van der Waals surface area contributed by atoms with Gasteiger partial charge in [0.15, 0.2) is 23.0 Å². The van der Waals surface area contributed by atoms with Crippen molar-refractivity contribution in [3.8, 4) is 28.7 Å². The first-order valence-electron chi connectivity index (χ1n) is 8.77. The van der Waals surface area contributed by atoms with Crippen molar-refractivity contribution in [1.29, 1.82) is 0 Å². The highest BCUT2D eigenvalue weighted by Gasteiger charge is 2.17. The van der Waals surface area contributed by atoms with Crippen LogP contribution in [0.5, 0.6) is 28.7 Å². The number of hydrogen-bond acceptors (Lipinski definition) is 7. The van der Waals surface area contributed by atoms with Gasteiger partial charge in [0.05, 0.1) is 35.5 Å². The van der Waals surface area contributed by atoms with Crippen molar-refractivity contribution in [2.45, 2.75) is 0 Å². The molecule has 0 saturated heterocycles. The summed E-state index contributed by atoms with van der Waals surface area (Å²) >= 11 is 0. The van der Waals surface area contributed by atoms with Gasteiger partial charge in [-0.1, -0.05) is 6.07 Å². The molecule has 2 rings (SSSR count). The molecule has 0 fully saturated rings. The predicted molar refractivity (Wildman–Crippen MR) is 110 cm³/mol. The van der Waals surface area contributed by atoms with E-state index in [1.54, 1.807) is 24.3 Å². The van der Waals surface area contributed by atoms with E-state index in [2.05, 4.69) is 10.9 Å². The summed E-state index contributed by atoms with van der Waals surface area (Å²) in [5.41, 5.74) is 5.58. The van der Waals surface area contributed by atoms with Crippen molar-refractivity contribution < 1.29 is 33.3 Å². The normalized spacial score (nSPS) is 10.3. The van der Waals surface area contributed by atoms with Crippen molar-refractivity contribution in [2.75, 3.05) is 35.5 Å². The molecule has 2 aromatic rings. The van der Waals surface area contributed by atoms with E-state index >= 15 is 0 Å². The van der Waals surface area contributed by atoms with Gasteiger partial charge in [0.25, 0.3) is 11.8 Å². The number of hydrogen-bond donors (Lipinski definition) is 2. The largest absolute Gasteiger partial charge is 0.493 e. The Morgan fingerprint density at radius 2 is 1.33 bits per heavy atom. The molecule has 0 spiro atoms. The van der Waals surface area contributed by atoms with Crippen molar-refractivity contribution in [1.82, 2.24) is 10.9 Å². The zero-order valence-electron chi connectivity index (χ0n) is 17.4. The zero-order chi connectivity index (χ0) is 22.1. The summed E-state index contributed by atoms with van der Waals surface area (Å²) in [4.78, 5) is 24.4. The highest BCUT2D eigenvalue weighted by Crippen LogP contribution is 2.38. The molecule has 2 amide bonds. The summed E-state index contributed by atoms with van der Waals surface area (Å²) in [6.45, 7) is 0. The SMILES string of the molecule is COc1ccc(/C=C/C(=O)NNC(=O)c2cc(OC)c(OC)c(OC)c2)cc1OC. The van der Waals surface area contributed by atoms with E-state index in [9.17, 15) is 9.59 Å². The first kappa shape index (κ1) is 22.4. The van der Waals surface area contributed by atoms with Gasteiger partial charge in [-0.05, 0) is 35.9 Å². The van der Waals surface area contributed by atoms with E-state index in [0.29, 0.717) is 28.7 Å². The topological polar surface area (TPSA) is 104 Å². The Kier molecular flexibility index (Phi) is 7.92. The number of rotatable bonds is 8. The molecule has 160 valence electrons. The minimum Gasteiger partial charge on any atom is -0.493 e. The molecule has 0 bridgehead atoms. The van der Waals surface area contributed by atoms with E-state index in [1.165, 1.54) is 53.8 Å². The van der Waals surface area contributed by atoms with Crippen LogP contribution >= 0.6 is 0 Å². The highest BCUT2D eigenvalue weighted by molar-refractivity contribution is 5.98. The van der Waals surface area contributed by atoms with Crippen LogP contribution in [-0.4, -0.2) is 47.4 Å². The second-order valence-corrected chi connectivity index (χ2v) is 5.81. The summed E-state index contributed by atoms with van der Waals surface area (Å²) in [6.07, 6.45) is 2.85. The lowest BCUT2D eigenvalue weighted by Crippen LogP contribution is -2.40. The van der Waals surface area contributed by atoms with Gasteiger partial charge in [0.2, 0.25) is 5.75 Å². The van der Waals surface area contributed by atoms with Crippen LogP contribution < -0.4 is 34.5 Å². The average Bonchev–Trinajstić information content (AvgIpc) is 2.79. The number of amides is 2. The van der Waals surface area contributed by atoms with Gasteiger partial charge >= 0.3 is 0 Å². The lowest BCUT2D eigenvalue weighted by atomic mass is 10.1. The second kappa shape index (κ2) is 10.6. The maximum absolute atomic E-state index is 12.4. The molecule has 0 aromatic heterocycles. The molecular weight excluding hydrogens is 392 g/mol. The molecule has 2 aromatic carbocycles. The monoisotopic (exact) mass is 416 g/mol. The maximum Gasteiger partial charge on any atom is 0.269 e. The molecule has 9 nitrogen and oxygen atoms in total. The van der Waals surface area contributed by atoms with Crippen LogP contribution in [0.3, 0.4) is 0 Å². The van der Waals surface area contributed by atoms with Gasteiger partial charge < -0.3 is 23.7 Å². The molecule has 0 aliphatic carbocycles. The number of hydrazine groups is 1. The molecular formula is C21H24N2O7. The van der Waals surface area contributed by atoms with Crippen molar-refractivity contribution >= 4 is 17.9 Å². The smallest absolute Gasteiger partial charge is 0.269 e. The summed E-state index contributed by atoms with van der Waals surface area (Å²) in [5, 5.41) is 0. The fourth-order valence-corrected chi connectivity index (χ4v) is 2.57. The van der Waals surface area contributed by atoms with Crippen LogP contribution in [0.1, 0.15) is 15.9 Å². The number of carbonyl (C=O) groups is 2. The first-order chi connectivity index (χ1) is 14.5. The molecule has 0 unspecified atom stereocenters. The number of nitrogens with one attached hydrogen (secondary N) is 2. The molecule has 2 N–H and O–H groups in total. The number of ether oxygens (including phenoxy) is 5. The van der Waals surface area contributed by atoms with Gasteiger partial charge in [0, 0.05) is 11.6 Å². The molecule has 9 heteroatoms. The minimum absolute atomic E-state index is 0.216. The Morgan fingerprint density at radius 3 is 1.87 bits per heavy atom. The average molecular weight is 416 g/mol. The van der Waals surface area contributed by atoms with Crippen LogP contribution in [0.25, 0.3) is 6.08 Å². The third kappa shape index (κ3) is 5.34. The lowest BCUT2D eigenvalue weighted by molar-refractivity contribution is -0.117. The van der Waals surface area contributed by atoms with Crippen LogP contribution in [0, 0.1) is 0 Å². The maximum atomic E-state index is 12.4. The Hall–Kier alpha value is -3.88. The van der Waals surface area contributed by atoms with Crippen LogP contribution in [-0.2, 0) is 4.79 Å². The van der Waals surface area contributed by atoms with Gasteiger partial charge in [-0.3, -0.25) is 20.4 Å². The Balaban J connectivity index is 2.04. The van der Waals surface area contributed by atoms with E-state index < -0.39 is 11.8 Å². The Morgan fingerprint density at radius 1 is 0.733 bits per heavy atom. The van der Waals surface area contributed by atoms with Gasteiger partial charge in [0.1, 0.15) is 0 Å². The van der Waals surface area contributed by atoms with E-state index in [-0.39, 0.29) is 5.56 Å². The standard InChI is InChI=1S/C21H24N2O7/c1-26-15-8-6-13(10-16(15)27-2)7-9-19(24)22-23-21(25)14-11-17(28-3)20(30-5)18(12-14)29-4/h6-12H,1-5H3,(H,22,24)(H,23,25)/b9-7+. The Labute approximate surface area is 174 Å². The molecule has 0 heterocycles. The third-order valence-electron chi connectivity index (χ3n) is 4.06. The molecule has 0 saturated carbocycles. The first-order valence-corrected chi connectivity index (χ1v) is 8.77. The van der Waals surface area contributed by atoms with Crippen LogP contribution in [0.2, 0.25) is 0 Å². The van der Waals surface area contributed by atoms with Gasteiger partial charge in [-0.25, -0.2) is 0 Å². The molecule has 0 radical (unpaired) electrons. The summed E-state index contributed by atoms with van der Waals surface area (Å²) in [6, 6.07) is 8.16. The fourth-order valence-electron chi connectivity index (χ4n) is 2.57. The van der Waals surface area contributed by atoms with Crippen molar-refractivity contribution in [2.24, 2.45) is 0 Å². The predicted octanol–water partition coefficient (Wildman–Crippen LogP) is 2.20. The third-order valence-corrected chi connectivity index (χ3v) is 4.06. The minimum atomic E-state index is -0.554. The fraction of sp³-hybridized carbons (Fsp3) is 0.238. The highest BCUT2D eigenvalue weighted by atomic mass is 16.5. The second-order valence-electron chi connectivity index (χ2n) is 5.81. The number of benzene rings is 2. The van der Waals surface area contributed by atoms with Crippen LogP contribution in [0.15, 0.2) is 36.4 Å². The molecule has 30 heavy (non-hydrogen) atoms. The molecule has 0 aliphatic rings. The zero-order valence-corrected chi connectivity index (χ0v) is 17.4. The Bertz CT molecular complexity index is 916. The van der Waals surface area contributed by atoms with E-state index in [1.807, 2.05) is 0 Å². The van der Waals surface area contributed by atoms with Crippen molar-refractivity contribution in [3.05, 3.63) is 47.5 Å². The summed E-state index contributed by atoms with van der Waals surface area (Å²) in [5.74, 6) is 1.04. The summed E-state index contributed by atoms with van der Waals surface area (Å²) in [7, 11) is 7.42. The molecule has 0 aliphatic heterocycles. The quantitative estimate of drug-likeness (QED) is 0.502. The van der Waals surface area contributed by atoms with Gasteiger partial charge in [-0.2, -0.15) is 0 Å². The van der Waals surface area contributed by atoms with Crippen molar-refractivity contribution in [3.63, 3.8) is 0 Å². The van der Waals surface area contributed by atoms with Gasteiger partial charge in [-0.15, -0.1) is 0 Å².